The van der Waals surface area contributed by atoms with Crippen LogP contribution in [-0.2, 0) is 9.47 Å². The number of aliphatic hydroxyl groups is 8. The van der Waals surface area contributed by atoms with Crippen LogP contribution in [0.5, 0.6) is 0 Å². The van der Waals surface area contributed by atoms with E-state index in [0.717, 1.165) is 0 Å². The minimum absolute atomic E-state index is 0.345. The highest BCUT2D eigenvalue weighted by atomic mass is 16.6. The van der Waals surface area contributed by atoms with Crippen molar-refractivity contribution in [1.82, 2.24) is 9.80 Å². The highest BCUT2D eigenvalue weighted by Crippen LogP contribution is 2.27. The molecule has 10 atom stereocenters. The summed E-state index contributed by atoms with van der Waals surface area (Å²) >= 11 is 0. The van der Waals surface area contributed by atoms with Crippen molar-refractivity contribution in [2.45, 2.75) is 61.3 Å². The van der Waals surface area contributed by atoms with Crippen LogP contribution in [-0.4, -0.2) is 151 Å². The second-order valence-corrected chi connectivity index (χ2v) is 7.51. The number of nitrogens with zero attached hydrogens (tertiary/aromatic N) is 2. The number of aliphatic hydroxyl groups excluding tert-OH is 8. The Morgan fingerprint density at radius 2 is 0.857 bits per heavy atom. The van der Waals surface area contributed by atoms with Gasteiger partial charge in [-0.2, -0.15) is 0 Å². The molecule has 0 amide bonds. The SMILES string of the molecule is OC[C@@H]1O[C@@H](N2CCN([C@H]3O[C@@H](CO)[C@@H](O)[C@@H](O)[C@H]3O)CC2)[C@H](O)[C@H](O)[C@@H]1O. The zero-order valence-corrected chi connectivity index (χ0v) is 15.3. The fraction of sp³-hybridized carbons (Fsp3) is 1.00. The van der Waals surface area contributed by atoms with Crippen LogP contribution in [0.15, 0.2) is 0 Å². The highest BCUT2D eigenvalue weighted by Gasteiger charge is 2.48. The predicted molar refractivity (Wildman–Crippen MR) is 90.7 cm³/mol. The molecule has 0 spiro atoms. The summed E-state index contributed by atoms with van der Waals surface area (Å²) in [6.45, 7) is 0.364. The third-order valence-electron chi connectivity index (χ3n) is 5.80. The smallest absolute Gasteiger partial charge is 0.140 e. The van der Waals surface area contributed by atoms with E-state index in [9.17, 15) is 40.9 Å². The van der Waals surface area contributed by atoms with Gasteiger partial charge in [0.25, 0.3) is 0 Å². The van der Waals surface area contributed by atoms with E-state index in [4.69, 9.17) is 9.47 Å². The van der Waals surface area contributed by atoms with Gasteiger partial charge in [-0.25, -0.2) is 0 Å². The van der Waals surface area contributed by atoms with E-state index in [1.54, 1.807) is 9.80 Å². The lowest BCUT2D eigenvalue weighted by atomic mass is 9.96. The van der Waals surface area contributed by atoms with Crippen LogP contribution < -0.4 is 0 Å². The van der Waals surface area contributed by atoms with Crippen molar-refractivity contribution in [3.8, 4) is 0 Å². The summed E-state index contributed by atoms with van der Waals surface area (Å²) in [5.74, 6) is 0. The van der Waals surface area contributed by atoms with Crippen molar-refractivity contribution in [1.29, 1.82) is 0 Å². The Hall–Kier alpha value is -0.480. The largest absolute Gasteiger partial charge is 0.394 e. The number of hydrogen-bond donors (Lipinski definition) is 8. The van der Waals surface area contributed by atoms with Gasteiger partial charge in [0, 0.05) is 26.2 Å². The number of hydrogen-bond acceptors (Lipinski definition) is 12. The van der Waals surface area contributed by atoms with Crippen LogP contribution in [0.1, 0.15) is 0 Å². The maximum Gasteiger partial charge on any atom is 0.140 e. The average Bonchev–Trinajstić information content (AvgIpc) is 2.71. The van der Waals surface area contributed by atoms with Crippen molar-refractivity contribution in [3.05, 3.63) is 0 Å². The average molecular weight is 410 g/mol. The standard InChI is InChI=1S/C16H30N2O10/c19-5-7-9(21)11(23)13(25)15(27-7)17-1-2-18(4-3-17)16-14(26)12(24)10(22)8(6-20)28-16/h7-16,19-26H,1-6H2/t7-,8-,9+,10+,11+,12+,13+,14+,15-,16+/m0/s1. The van der Waals surface area contributed by atoms with Crippen molar-refractivity contribution in [3.63, 3.8) is 0 Å². The number of piperazine rings is 1. The Bertz CT molecular complexity index is 460. The maximum absolute atomic E-state index is 10.2. The quantitative estimate of drug-likeness (QED) is 0.220. The number of rotatable bonds is 4. The fourth-order valence-corrected chi connectivity index (χ4v) is 4.01. The van der Waals surface area contributed by atoms with Crippen molar-refractivity contribution in [2.75, 3.05) is 39.4 Å². The highest BCUT2D eigenvalue weighted by molar-refractivity contribution is 4.95. The summed E-state index contributed by atoms with van der Waals surface area (Å²) < 4.78 is 11.1. The van der Waals surface area contributed by atoms with Gasteiger partial charge in [-0.3, -0.25) is 9.80 Å². The van der Waals surface area contributed by atoms with Gasteiger partial charge in [-0.1, -0.05) is 0 Å². The van der Waals surface area contributed by atoms with Gasteiger partial charge in [0.15, 0.2) is 0 Å². The Kier molecular flexibility index (Phi) is 7.23. The summed E-state index contributed by atoms with van der Waals surface area (Å²) in [5, 5.41) is 78.7. The van der Waals surface area contributed by atoms with Crippen LogP contribution in [0.2, 0.25) is 0 Å². The molecule has 3 aliphatic heterocycles. The molecule has 0 bridgehead atoms. The summed E-state index contributed by atoms with van der Waals surface area (Å²) in [4.78, 5) is 3.48. The van der Waals surface area contributed by atoms with Gasteiger partial charge in [0.05, 0.1) is 13.2 Å². The van der Waals surface area contributed by atoms with Gasteiger partial charge >= 0.3 is 0 Å². The lowest BCUT2D eigenvalue weighted by Gasteiger charge is -2.50. The Morgan fingerprint density at radius 3 is 1.14 bits per heavy atom. The zero-order chi connectivity index (χ0) is 20.6. The van der Waals surface area contributed by atoms with Crippen LogP contribution in [0.3, 0.4) is 0 Å². The first kappa shape index (κ1) is 22.2. The predicted octanol–water partition coefficient (Wildman–Crippen LogP) is -5.80. The van der Waals surface area contributed by atoms with E-state index in [-0.39, 0.29) is 0 Å². The summed E-state index contributed by atoms with van der Waals surface area (Å²) in [6, 6.07) is 0. The summed E-state index contributed by atoms with van der Waals surface area (Å²) in [6.07, 6.45) is -12.3. The molecule has 3 fully saturated rings. The molecule has 0 aromatic carbocycles. The van der Waals surface area contributed by atoms with Crippen LogP contribution in [0.25, 0.3) is 0 Å². The van der Waals surface area contributed by atoms with Gasteiger partial charge in [0.2, 0.25) is 0 Å². The molecule has 12 nitrogen and oxygen atoms in total. The molecule has 0 aromatic rings. The van der Waals surface area contributed by atoms with E-state index in [0.29, 0.717) is 26.2 Å². The van der Waals surface area contributed by atoms with Gasteiger partial charge in [-0.05, 0) is 0 Å². The third kappa shape index (κ3) is 4.05. The second-order valence-electron chi connectivity index (χ2n) is 7.51. The molecule has 12 heteroatoms. The maximum atomic E-state index is 10.2. The topological polar surface area (TPSA) is 187 Å². The van der Waals surface area contributed by atoms with Crippen LogP contribution in [0, 0.1) is 0 Å². The minimum atomic E-state index is -1.46. The van der Waals surface area contributed by atoms with Crippen molar-refractivity contribution >= 4 is 0 Å². The van der Waals surface area contributed by atoms with Gasteiger partial charge in [-0.15, -0.1) is 0 Å². The molecule has 0 aliphatic carbocycles. The van der Waals surface area contributed by atoms with Crippen molar-refractivity contribution < 1.29 is 50.3 Å². The summed E-state index contributed by atoms with van der Waals surface area (Å²) in [7, 11) is 0. The van der Waals surface area contributed by atoms with E-state index < -0.39 is 74.5 Å². The molecule has 0 unspecified atom stereocenters. The Labute approximate surface area is 161 Å². The first-order valence-corrected chi connectivity index (χ1v) is 9.39. The van der Waals surface area contributed by atoms with Crippen LogP contribution >= 0.6 is 0 Å². The van der Waals surface area contributed by atoms with Crippen molar-refractivity contribution in [2.24, 2.45) is 0 Å². The first-order chi connectivity index (χ1) is 13.3. The van der Waals surface area contributed by atoms with E-state index in [1.165, 1.54) is 0 Å². The lowest BCUT2D eigenvalue weighted by molar-refractivity contribution is -0.283. The fourth-order valence-electron chi connectivity index (χ4n) is 4.01. The second kappa shape index (κ2) is 9.12. The third-order valence-corrected chi connectivity index (χ3v) is 5.80. The molecule has 164 valence electrons. The molecule has 0 radical (unpaired) electrons. The molecule has 0 aromatic heterocycles. The number of ether oxygens (including phenoxy) is 2. The monoisotopic (exact) mass is 410 g/mol. The first-order valence-electron chi connectivity index (χ1n) is 9.39. The van der Waals surface area contributed by atoms with Crippen LogP contribution in [0.4, 0.5) is 0 Å². The normalized spacial score (nSPS) is 49.3. The molecular formula is C16H30N2O10. The zero-order valence-electron chi connectivity index (χ0n) is 15.3. The Balaban J connectivity index is 1.61. The molecule has 3 rings (SSSR count). The molecule has 28 heavy (non-hydrogen) atoms. The van der Waals surface area contributed by atoms with E-state index in [1.807, 2.05) is 0 Å². The minimum Gasteiger partial charge on any atom is -0.394 e. The molecule has 3 aliphatic rings. The Morgan fingerprint density at radius 1 is 0.536 bits per heavy atom. The van der Waals surface area contributed by atoms with E-state index >= 15 is 0 Å². The molecule has 0 saturated carbocycles. The molecule has 3 saturated heterocycles. The van der Waals surface area contributed by atoms with E-state index in [2.05, 4.69) is 0 Å². The lowest BCUT2D eigenvalue weighted by Crippen LogP contribution is -2.68. The summed E-state index contributed by atoms with van der Waals surface area (Å²) in [5.41, 5.74) is 0. The molecule has 8 N–H and O–H groups in total. The van der Waals surface area contributed by atoms with Gasteiger partial charge in [0.1, 0.15) is 61.3 Å². The molecule has 3 heterocycles. The molecular weight excluding hydrogens is 380 g/mol. The van der Waals surface area contributed by atoms with Gasteiger partial charge < -0.3 is 50.3 Å².